The van der Waals surface area contributed by atoms with Gasteiger partial charge in [0.2, 0.25) is 11.7 Å². The fourth-order valence-electron chi connectivity index (χ4n) is 2.56. The van der Waals surface area contributed by atoms with E-state index in [0.717, 1.165) is 11.1 Å². The Kier molecular flexibility index (Phi) is 3.86. The molecule has 0 radical (unpaired) electrons. The maximum Gasteiger partial charge on any atom is 0.231 e. The molecule has 24 heavy (non-hydrogen) atoms. The van der Waals surface area contributed by atoms with Crippen molar-refractivity contribution < 1.29 is 4.52 Å². The number of pyridine rings is 1. The van der Waals surface area contributed by atoms with Crippen molar-refractivity contribution in [2.45, 2.75) is 6.42 Å². The summed E-state index contributed by atoms with van der Waals surface area (Å²) in [5.41, 5.74) is 4.39. The topological polar surface area (TPSA) is 51.8 Å². The fourth-order valence-corrected chi connectivity index (χ4v) is 2.56. The second-order valence-electron chi connectivity index (χ2n) is 5.49. The average molecular weight is 313 g/mol. The molecule has 0 aliphatic carbocycles. The molecule has 0 aliphatic rings. The molecule has 4 rings (SSSR count). The van der Waals surface area contributed by atoms with Gasteiger partial charge in [-0.2, -0.15) is 4.98 Å². The Hall–Kier alpha value is -3.27. The van der Waals surface area contributed by atoms with Gasteiger partial charge in [-0.25, -0.2) is 0 Å². The van der Waals surface area contributed by atoms with Crippen LogP contribution in [0, 0.1) is 0 Å². The summed E-state index contributed by atoms with van der Waals surface area (Å²) in [7, 11) is 0. The number of nitrogens with zero attached hydrogens (tertiary/aromatic N) is 3. The van der Waals surface area contributed by atoms with Gasteiger partial charge in [0.25, 0.3) is 0 Å². The first kappa shape index (κ1) is 14.3. The van der Waals surface area contributed by atoms with Crippen LogP contribution in [-0.4, -0.2) is 15.1 Å². The SMILES string of the molecule is c1ccc(-c2ccc(Cc3nc(-c4cccnc4)no3)cc2)cc1. The van der Waals surface area contributed by atoms with E-state index in [2.05, 4.69) is 51.5 Å². The molecule has 2 aromatic carbocycles. The number of hydrogen-bond donors (Lipinski definition) is 0. The first-order valence-corrected chi connectivity index (χ1v) is 7.76. The van der Waals surface area contributed by atoms with Gasteiger partial charge in [-0.3, -0.25) is 4.98 Å². The van der Waals surface area contributed by atoms with Gasteiger partial charge >= 0.3 is 0 Å². The van der Waals surface area contributed by atoms with E-state index < -0.39 is 0 Å². The monoisotopic (exact) mass is 313 g/mol. The van der Waals surface area contributed by atoms with Crippen LogP contribution >= 0.6 is 0 Å². The molecule has 0 spiro atoms. The van der Waals surface area contributed by atoms with Crippen LogP contribution in [0.25, 0.3) is 22.5 Å². The lowest BCUT2D eigenvalue weighted by molar-refractivity contribution is 0.385. The van der Waals surface area contributed by atoms with E-state index >= 15 is 0 Å². The highest BCUT2D eigenvalue weighted by Crippen LogP contribution is 2.21. The summed E-state index contributed by atoms with van der Waals surface area (Å²) in [5, 5.41) is 4.02. The molecule has 0 amide bonds. The predicted molar refractivity (Wildman–Crippen MR) is 92.2 cm³/mol. The number of benzene rings is 2. The number of aromatic nitrogens is 3. The summed E-state index contributed by atoms with van der Waals surface area (Å²) in [5.74, 6) is 1.17. The Morgan fingerprint density at radius 3 is 2.25 bits per heavy atom. The van der Waals surface area contributed by atoms with Crippen molar-refractivity contribution in [2.24, 2.45) is 0 Å². The van der Waals surface area contributed by atoms with Crippen LogP contribution in [0.2, 0.25) is 0 Å². The minimum Gasteiger partial charge on any atom is -0.339 e. The lowest BCUT2D eigenvalue weighted by Crippen LogP contribution is -1.89. The van der Waals surface area contributed by atoms with Crippen molar-refractivity contribution in [3.8, 4) is 22.5 Å². The van der Waals surface area contributed by atoms with Crippen molar-refractivity contribution in [3.05, 3.63) is 90.6 Å². The first-order chi connectivity index (χ1) is 11.9. The van der Waals surface area contributed by atoms with Crippen LogP contribution in [0.3, 0.4) is 0 Å². The van der Waals surface area contributed by atoms with Crippen LogP contribution in [-0.2, 0) is 6.42 Å². The van der Waals surface area contributed by atoms with E-state index in [9.17, 15) is 0 Å². The number of rotatable bonds is 4. The van der Waals surface area contributed by atoms with Gasteiger partial charge in [-0.15, -0.1) is 0 Å². The fraction of sp³-hybridized carbons (Fsp3) is 0.0500. The van der Waals surface area contributed by atoms with Gasteiger partial charge < -0.3 is 4.52 Å². The largest absolute Gasteiger partial charge is 0.339 e. The van der Waals surface area contributed by atoms with Crippen LogP contribution in [0.15, 0.2) is 83.6 Å². The van der Waals surface area contributed by atoms with Crippen molar-refractivity contribution in [2.75, 3.05) is 0 Å². The summed E-state index contributed by atoms with van der Waals surface area (Å²) in [4.78, 5) is 8.51. The van der Waals surface area contributed by atoms with Crippen LogP contribution in [0.4, 0.5) is 0 Å². The van der Waals surface area contributed by atoms with E-state index in [1.807, 2.05) is 30.3 Å². The molecule has 4 heteroatoms. The third kappa shape index (κ3) is 3.08. The van der Waals surface area contributed by atoms with Crippen LogP contribution in [0.5, 0.6) is 0 Å². The molecule has 2 heterocycles. The minimum atomic E-state index is 0.569. The zero-order valence-corrected chi connectivity index (χ0v) is 13.0. The van der Waals surface area contributed by atoms with Gasteiger partial charge in [-0.05, 0) is 28.8 Å². The van der Waals surface area contributed by atoms with E-state index in [0.29, 0.717) is 18.1 Å². The molecular weight excluding hydrogens is 298 g/mol. The lowest BCUT2D eigenvalue weighted by Gasteiger charge is -2.02. The molecule has 2 aromatic heterocycles. The minimum absolute atomic E-state index is 0.569. The predicted octanol–water partition coefficient (Wildman–Crippen LogP) is 4.39. The molecule has 4 nitrogen and oxygen atoms in total. The zero-order valence-electron chi connectivity index (χ0n) is 13.0. The Balaban J connectivity index is 1.51. The highest BCUT2D eigenvalue weighted by molar-refractivity contribution is 5.63. The highest BCUT2D eigenvalue weighted by Gasteiger charge is 2.09. The summed E-state index contributed by atoms with van der Waals surface area (Å²) in [6.45, 7) is 0. The molecule has 4 aromatic rings. The summed E-state index contributed by atoms with van der Waals surface area (Å²) in [6.07, 6.45) is 4.06. The van der Waals surface area contributed by atoms with Crippen molar-refractivity contribution in [1.29, 1.82) is 0 Å². The zero-order chi connectivity index (χ0) is 16.2. The smallest absolute Gasteiger partial charge is 0.231 e. The average Bonchev–Trinajstić information content (AvgIpc) is 3.12. The number of hydrogen-bond acceptors (Lipinski definition) is 4. The second-order valence-corrected chi connectivity index (χ2v) is 5.49. The molecule has 0 saturated heterocycles. The third-order valence-corrected chi connectivity index (χ3v) is 3.80. The standard InChI is InChI=1S/C20H15N3O/c1-2-5-16(6-3-1)17-10-8-15(9-11-17)13-19-22-20(23-24-19)18-7-4-12-21-14-18/h1-12,14H,13H2. The van der Waals surface area contributed by atoms with E-state index in [4.69, 9.17) is 4.52 Å². The molecule has 116 valence electrons. The Bertz CT molecular complexity index is 916. The molecular formula is C20H15N3O. The normalized spacial score (nSPS) is 10.7. The molecule has 0 bridgehead atoms. The van der Waals surface area contributed by atoms with Gasteiger partial charge in [0.15, 0.2) is 0 Å². The Morgan fingerprint density at radius 2 is 1.50 bits per heavy atom. The first-order valence-electron chi connectivity index (χ1n) is 7.76. The van der Waals surface area contributed by atoms with Crippen LogP contribution in [0.1, 0.15) is 11.5 Å². The lowest BCUT2D eigenvalue weighted by atomic mass is 10.0. The van der Waals surface area contributed by atoms with Crippen molar-refractivity contribution in [1.82, 2.24) is 15.1 Å². The highest BCUT2D eigenvalue weighted by atomic mass is 16.5. The molecule has 0 saturated carbocycles. The van der Waals surface area contributed by atoms with Gasteiger partial charge in [0.1, 0.15) is 0 Å². The van der Waals surface area contributed by atoms with E-state index in [1.165, 1.54) is 11.1 Å². The maximum absolute atomic E-state index is 5.35. The Morgan fingerprint density at radius 1 is 0.750 bits per heavy atom. The summed E-state index contributed by atoms with van der Waals surface area (Å²) >= 11 is 0. The van der Waals surface area contributed by atoms with Gasteiger partial charge in [-0.1, -0.05) is 59.8 Å². The Labute approximate surface area is 139 Å². The molecule has 0 N–H and O–H groups in total. The molecule has 0 aliphatic heterocycles. The van der Waals surface area contributed by atoms with Crippen molar-refractivity contribution in [3.63, 3.8) is 0 Å². The molecule has 0 atom stereocenters. The summed E-state index contributed by atoms with van der Waals surface area (Å²) < 4.78 is 5.35. The maximum atomic E-state index is 5.35. The van der Waals surface area contributed by atoms with E-state index in [1.54, 1.807) is 12.4 Å². The van der Waals surface area contributed by atoms with E-state index in [-0.39, 0.29) is 0 Å². The quantitative estimate of drug-likeness (QED) is 0.561. The van der Waals surface area contributed by atoms with Crippen molar-refractivity contribution >= 4 is 0 Å². The van der Waals surface area contributed by atoms with Crippen LogP contribution < -0.4 is 0 Å². The molecule has 0 fully saturated rings. The van der Waals surface area contributed by atoms with Gasteiger partial charge in [0, 0.05) is 18.0 Å². The third-order valence-electron chi connectivity index (χ3n) is 3.80. The summed E-state index contributed by atoms with van der Waals surface area (Å²) in [6, 6.07) is 22.5. The second kappa shape index (κ2) is 6.46. The van der Waals surface area contributed by atoms with Gasteiger partial charge in [0.05, 0.1) is 6.42 Å². The molecule has 0 unspecified atom stereocenters.